The Hall–Kier alpha value is -0.120. The van der Waals surface area contributed by atoms with Crippen LogP contribution in [0.25, 0.3) is 0 Å². The van der Waals surface area contributed by atoms with Gasteiger partial charge in [-0.3, -0.25) is 0 Å². The summed E-state index contributed by atoms with van der Waals surface area (Å²) in [5.41, 5.74) is 0. The van der Waals surface area contributed by atoms with Gasteiger partial charge in [0.15, 0.2) is 0 Å². The topological polar surface area (TPSA) is 49.7 Å². The lowest BCUT2D eigenvalue weighted by Gasteiger charge is -1.94. The summed E-state index contributed by atoms with van der Waals surface area (Å²) >= 11 is 0. The lowest BCUT2D eigenvalue weighted by molar-refractivity contribution is 0.144. The zero-order chi connectivity index (χ0) is 8.95. The number of rotatable bonds is 5. The molecule has 3 heteroatoms. The standard InChI is InChI=1S/C6H14O.C2H6O2/c1-3-5-6-7-4-2;3-1-2-4/h3-6H2,1-2H3;3-4H,1-2H2. The van der Waals surface area contributed by atoms with E-state index in [0.717, 1.165) is 13.2 Å². The zero-order valence-electron chi connectivity index (χ0n) is 7.55. The number of ether oxygens (including phenoxy) is 1. The van der Waals surface area contributed by atoms with Crippen LogP contribution in [0.15, 0.2) is 0 Å². The lowest BCUT2D eigenvalue weighted by Crippen LogP contribution is -1.90. The highest BCUT2D eigenvalue weighted by atomic mass is 16.5. The first-order valence-electron chi connectivity index (χ1n) is 4.12. The molecule has 0 aromatic heterocycles. The third-order valence-corrected chi connectivity index (χ3v) is 0.946. The monoisotopic (exact) mass is 164 g/mol. The van der Waals surface area contributed by atoms with Crippen molar-refractivity contribution in [1.82, 2.24) is 0 Å². The SMILES string of the molecule is CCCCOCC.OCCO. The number of unbranched alkanes of at least 4 members (excludes halogenated alkanes) is 1. The summed E-state index contributed by atoms with van der Waals surface area (Å²) in [5, 5.41) is 15.2. The maximum Gasteiger partial charge on any atom is 0.0662 e. The van der Waals surface area contributed by atoms with Crippen LogP contribution in [0.2, 0.25) is 0 Å². The van der Waals surface area contributed by atoms with Gasteiger partial charge in [0, 0.05) is 13.2 Å². The molecule has 3 nitrogen and oxygen atoms in total. The first-order chi connectivity index (χ1) is 5.33. The van der Waals surface area contributed by atoms with Crippen LogP contribution in [-0.4, -0.2) is 36.6 Å². The molecular formula is C8H20O3. The molecule has 11 heavy (non-hydrogen) atoms. The van der Waals surface area contributed by atoms with E-state index in [1.54, 1.807) is 0 Å². The van der Waals surface area contributed by atoms with E-state index in [-0.39, 0.29) is 13.2 Å². The maximum atomic E-state index is 7.62. The second-order valence-electron chi connectivity index (χ2n) is 2.00. The quantitative estimate of drug-likeness (QED) is 0.591. The molecule has 0 aromatic carbocycles. The van der Waals surface area contributed by atoms with Gasteiger partial charge in [-0.15, -0.1) is 0 Å². The molecule has 0 bridgehead atoms. The fourth-order valence-electron chi connectivity index (χ4n) is 0.391. The molecule has 0 unspecified atom stereocenters. The van der Waals surface area contributed by atoms with Crippen molar-refractivity contribution in [3.8, 4) is 0 Å². The molecule has 70 valence electrons. The van der Waals surface area contributed by atoms with Gasteiger partial charge in [0.05, 0.1) is 13.2 Å². The number of aliphatic hydroxyl groups excluding tert-OH is 2. The molecule has 0 saturated carbocycles. The van der Waals surface area contributed by atoms with E-state index in [2.05, 4.69) is 6.92 Å². The van der Waals surface area contributed by atoms with Crippen molar-refractivity contribution in [2.45, 2.75) is 26.7 Å². The summed E-state index contributed by atoms with van der Waals surface area (Å²) in [6.07, 6.45) is 2.44. The molecule has 0 heterocycles. The van der Waals surface area contributed by atoms with Crippen LogP contribution < -0.4 is 0 Å². The van der Waals surface area contributed by atoms with Crippen molar-refractivity contribution in [2.75, 3.05) is 26.4 Å². The molecular weight excluding hydrogens is 144 g/mol. The van der Waals surface area contributed by atoms with Gasteiger partial charge < -0.3 is 14.9 Å². The average Bonchev–Trinajstić information content (AvgIpc) is 2.06. The van der Waals surface area contributed by atoms with E-state index in [4.69, 9.17) is 14.9 Å². The Balaban J connectivity index is 0. The van der Waals surface area contributed by atoms with E-state index in [1.807, 2.05) is 6.92 Å². The predicted octanol–water partition coefficient (Wildman–Crippen LogP) is 0.794. The van der Waals surface area contributed by atoms with Gasteiger partial charge in [-0.2, -0.15) is 0 Å². The molecule has 0 aliphatic rings. The Morgan fingerprint density at radius 2 is 1.64 bits per heavy atom. The molecule has 0 amide bonds. The first-order valence-corrected chi connectivity index (χ1v) is 4.12. The highest BCUT2D eigenvalue weighted by Gasteiger charge is 1.78. The first kappa shape index (κ1) is 13.5. The average molecular weight is 164 g/mol. The fourth-order valence-corrected chi connectivity index (χ4v) is 0.391. The van der Waals surface area contributed by atoms with E-state index < -0.39 is 0 Å². The zero-order valence-corrected chi connectivity index (χ0v) is 7.55. The molecule has 2 N–H and O–H groups in total. The van der Waals surface area contributed by atoms with Gasteiger partial charge in [-0.05, 0) is 13.3 Å². The Bertz CT molecular complexity index is 42.6. The van der Waals surface area contributed by atoms with Crippen molar-refractivity contribution in [1.29, 1.82) is 0 Å². The van der Waals surface area contributed by atoms with Crippen LogP contribution in [0.4, 0.5) is 0 Å². The lowest BCUT2D eigenvalue weighted by atomic mass is 10.4. The van der Waals surface area contributed by atoms with Crippen LogP contribution in [0.3, 0.4) is 0 Å². The van der Waals surface area contributed by atoms with Crippen LogP contribution in [0.1, 0.15) is 26.7 Å². The van der Waals surface area contributed by atoms with Crippen LogP contribution in [0.5, 0.6) is 0 Å². The third kappa shape index (κ3) is 25.8. The highest BCUT2D eigenvalue weighted by Crippen LogP contribution is 1.85. The number of aliphatic hydroxyl groups is 2. The summed E-state index contributed by atoms with van der Waals surface area (Å²) in [7, 11) is 0. The molecule has 0 fully saturated rings. The highest BCUT2D eigenvalue weighted by molar-refractivity contribution is 4.28. The summed E-state index contributed by atoms with van der Waals surface area (Å²) < 4.78 is 5.07. The Morgan fingerprint density at radius 1 is 1.09 bits per heavy atom. The van der Waals surface area contributed by atoms with Crippen molar-refractivity contribution >= 4 is 0 Å². The minimum atomic E-state index is -0.125. The Morgan fingerprint density at radius 3 is 1.91 bits per heavy atom. The third-order valence-electron chi connectivity index (χ3n) is 0.946. The van der Waals surface area contributed by atoms with Crippen molar-refractivity contribution in [3.63, 3.8) is 0 Å². The van der Waals surface area contributed by atoms with E-state index >= 15 is 0 Å². The molecule has 0 aromatic rings. The maximum absolute atomic E-state index is 7.62. The largest absolute Gasteiger partial charge is 0.394 e. The molecule has 0 saturated heterocycles. The van der Waals surface area contributed by atoms with Gasteiger partial charge in [0.2, 0.25) is 0 Å². The van der Waals surface area contributed by atoms with Gasteiger partial charge in [-0.1, -0.05) is 13.3 Å². The van der Waals surface area contributed by atoms with Crippen LogP contribution in [0, 0.1) is 0 Å². The van der Waals surface area contributed by atoms with Gasteiger partial charge in [0.1, 0.15) is 0 Å². The van der Waals surface area contributed by atoms with E-state index in [1.165, 1.54) is 12.8 Å². The molecule has 0 aliphatic heterocycles. The van der Waals surface area contributed by atoms with Crippen LogP contribution in [-0.2, 0) is 4.74 Å². The molecule has 0 aliphatic carbocycles. The summed E-state index contributed by atoms with van der Waals surface area (Å²) in [6, 6.07) is 0. The van der Waals surface area contributed by atoms with Gasteiger partial charge in [0.25, 0.3) is 0 Å². The number of hydrogen-bond acceptors (Lipinski definition) is 3. The predicted molar refractivity (Wildman–Crippen MR) is 45.6 cm³/mol. The summed E-state index contributed by atoms with van der Waals surface area (Å²) in [6.45, 7) is 5.74. The smallest absolute Gasteiger partial charge is 0.0662 e. The normalized spacial score (nSPS) is 8.73. The van der Waals surface area contributed by atoms with Crippen LogP contribution >= 0.6 is 0 Å². The molecule has 0 radical (unpaired) electrons. The van der Waals surface area contributed by atoms with Gasteiger partial charge >= 0.3 is 0 Å². The summed E-state index contributed by atoms with van der Waals surface area (Å²) in [4.78, 5) is 0. The second kappa shape index (κ2) is 16.5. The minimum absolute atomic E-state index is 0.125. The second-order valence-corrected chi connectivity index (χ2v) is 2.00. The molecule has 0 atom stereocenters. The Labute approximate surface area is 69.0 Å². The molecule has 0 rings (SSSR count). The summed E-state index contributed by atoms with van der Waals surface area (Å²) in [5.74, 6) is 0. The molecule has 0 spiro atoms. The van der Waals surface area contributed by atoms with Crippen molar-refractivity contribution in [2.24, 2.45) is 0 Å². The van der Waals surface area contributed by atoms with E-state index in [9.17, 15) is 0 Å². The minimum Gasteiger partial charge on any atom is -0.394 e. The van der Waals surface area contributed by atoms with E-state index in [0.29, 0.717) is 0 Å². The van der Waals surface area contributed by atoms with Gasteiger partial charge in [-0.25, -0.2) is 0 Å². The van der Waals surface area contributed by atoms with Crippen molar-refractivity contribution < 1.29 is 14.9 Å². The Kier molecular flexibility index (Phi) is 20.2. The van der Waals surface area contributed by atoms with Crippen molar-refractivity contribution in [3.05, 3.63) is 0 Å². The fraction of sp³-hybridized carbons (Fsp3) is 1.00. The number of hydrogen-bond donors (Lipinski definition) is 2.